The van der Waals surface area contributed by atoms with Crippen molar-refractivity contribution in [3.8, 4) is 0 Å². The van der Waals surface area contributed by atoms with Gasteiger partial charge in [-0.3, -0.25) is 14.3 Å². The number of hydrogen-bond acceptors (Lipinski definition) is 5. The van der Waals surface area contributed by atoms with Crippen LogP contribution in [0.5, 0.6) is 0 Å². The van der Waals surface area contributed by atoms with Gasteiger partial charge in [-0.1, -0.05) is 101 Å². The predicted octanol–water partition coefficient (Wildman–Crippen LogP) is 5.04. The van der Waals surface area contributed by atoms with Crippen LogP contribution in [-0.4, -0.2) is 19.9 Å². The zero-order chi connectivity index (χ0) is 27.5. The molecule has 0 fully saturated rings. The monoisotopic (exact) mass is 652 g/mol. The normalized spacial score (nSPS) is 11.0. The Bertz CT molecular complexity index is 1140. The number of rotatable bonds is 16. The lowest BCUT2D eigenvalue weighted by Crippen LogP contribution is -3.61. The maximum Gasteiger partial charge on any atom is 0.357 e. The van der Waals surface area contributed by atoms with E-state index in [1.807, 2.05) is 30.3 Å². The van der Waals surface area contributed by atoms with E-state index in [9.17, 15) is 18.5 Å². The van der Waals surface area contributed by atoms with Gasteiger partial charge in [0.2, 0.25) is 0 Å². The average Bonchev–Trinajstić information content (AvgIpc) is 2.93. The Kier molecular flexibility index (Phi) is 15.8. The molecule has 0 aromatic heterocycles. The van der Waals surface area contributed by atoms with Gasteiger partial charge < -0.3 is 0 Å². The fourth-order valence-electron chi connectivity index (χ4n) is 3.64. The molecule has 3 rings (SSSR count). The number of benzene rings is 3. The van der Waals surface area contributed by atoms with Crippen LogP contribution in [0.2, 0.25) is 0 Å². The van der Waals surface area contributed by atoms with E-state index in [1.165, 1.54) is 58.5 Å². The quantitative estimate of drug-likeness (QED) is 0.0713. The van der Waals surface area contributed by atoms with E-state index in [-0.39, 0.29) is 43.3 Å². The first-order valence-corrected chi connectivity index (χ1v) is 16.9. The van der Waals surface area contributed by atoms with Gasteiger partial charge in [0, 0.05) is 12.1 Å². The van der Waals surface area contributed by atoms with Crippen LogP contribution < -0.4 is 21.2 Å². The SMILES string of the molecule is CCCCCCCCCCCCOS(=O)(=O)c1ccccc1.O=[N+]([O-])c1ccc([I+]c2ccccc2)cc1. The first kappa shape index (κ1) is 31.9. The van der Waals surface area contributed by atoms with Crippen LogP contribution in [0.15, 0.2) is 89.8 Å². The van der Waals surface area contributed by atoms with Crippen LogP contribution in [0.25, 0.3) is 0 Å². The van der Waals surface area contributed by atoms with E-state index in [0.717, 1.165) is 12.8 Å². The Morgan fingerprint density at radius 1 is 0.684 bits per heavy atom. The van der Waals surface area contributed by atoms with Crippen molar-refractivity contribution in [2.24, 2.45) is 0 Å². The summed E-state index contributed by atoms with van der Waals surface area (Å²) in [5.74, 6) is 0. The van der Waals surface area contributed by atoms with Crippen LogP contribution in [0.3, 0.4) is 0 Å². The third-order valence-corrected chi connectivity index (χ3v) is 9.77. The van der Waals surface area contributed by atoms with Gasteiger partial charge in [-0.25, -0.2) is 0 Å². The van der Waals surface area contributed by atoms with Gasteiger partial charge in [0.25, 0.3) is 15.8 Å². The maximum absolute atomic E-state index is 11.9. The molecule has 3 aromatic carbocycles. The molecule has 0 unspecified atom stereocenters. The zero-order valence-electron chi connectivity index (χ0n) is 22.1. The molecule has 0 aliphatic rings. The highest BCUT2D eigenvalue weighted by Crippen LogP contribution is 2.14. The Morgan fingerprint density at radius 2 is 1.16 bits per heavy atom. The van der Waals surface area contributed by atoms with Crippen LogP contribution >= 0.6 is 0 Å². The summed E-state index contributed by atoms with van der Waals surface area (Å²) in [6.07, 6.45) is 12.3. The van der Waals surface area contributed by atoms with Crippen molar-refractivity contribution >= 4 is 15.8 Å². The van der Waals surface area contributed by atoms with Crippen molar-refractivity contribution in [1.82, 2.24) is 0 Å². The largest absolute Gasteiger partial charge is 0.357 e. The Balaban J connectivity index is 0.000000279. The third kappa shape index (κ3) is 13.5. The highest BCUT2D eigenvalue weighted by molar-refractivity contribution is 7.86. The molecular weight excluding hydrogens is 613 g/mol. The molecule has 0 N–H and O–H groups in total. The van der Waals surface area contributed by atoms with Crippen molar-refractivity contribution in [3.63, 3.8) is 0 Å². The Morgan fingerprint density at radius 3 is 1.68 bits per heavy atom. The summed E-state index contributed by atoms with van der Waals surface area (Å²) in [5.41, 5.74) is 0.154. The van der Waals surface area contributed by atoms with Crippen molar-refractivity contribution in [3.05, 3.63) is 102 Å². The molecular formula is C30H39INO5S+. The molecule has 0 saturated carbocycles. The van der Waals surface area contributed by atoms with Gasteiger partial charge in [0.15, 0.2) is 7.14 Å². The van der Waals surface area contributed by atoms with Gasteiger partial charge in [-0.05, 0) is 42.8 Å². The van der Waals surface area contributed by atoms with Gasteiger partial charge in [0.05, 0.1) is 16.4 Å². The third-order valence-electron chi connectivity index (χ3n) is 5.76. The molecule has 0 aliphatic carbocycles. The molecule has 38 heavy (non-hydrogen) atoms. The van der Waals surface area contributed by atoms with Crippen LogP contribution in [0.1, 0.15) is 71.1 Å². The molecule has 0 bridgehead atoms. The molecule has 8 heteroatoms. The highest BCUT2D eigenvalue weighted by Gasteiger charge is 2.16. The fourth-order valence-corrected chi connectivity index (χ4v) is 6.82. The molecule has 0 spiro atoms. The number of unbranched alkanes of at least 4 members (excludes halogenated alkanes) is 9. The standard InChI is InChI=1S/C18H30O3S.C12H9INO2/c1-2-3-4-5-6-7-8-9-10-14-17-21-22(19,20)18-15-12-11-13-16-18;15-14(16)12-8-6-11(7-9-12)13-10-4-2-1-3-5-10/h11-13,15-16H,2-10,14,17H2,1H3;1-9H/q;+1. The van der Waals surface area contributed by atoms with E-state index in [2.05, 4.69) is 19.1 Å². The second kappa shape index (κ2) is 18.9. The molecule has 3 aromatic rings. The summed E-state index contributed by atoms with van der Waals surface area (Å²) in [6.45, 7) is 2.52. The summed E-state index contributed by atoms with van der Waals surface area (Å²) in [7, 11) is -3.57. The van der Waals surface area contributed by atoms with Crippen molar-refractivity contribution in [1.29, 1.82) is 0 Å². The second-order valence-electron chi connectivity index (χ2n) is 8.89. The van der Waals surface area contributed by atoms with Gasteiger partial charge in [-0.2, -0.15) is 8.42 Å². The Labute approximate surface area is 238 Å². The minimum atomic E-state index is -3.57. The fraction of sp³-hybridized carbons (Fsp3) is 0.400. The van der Waals surface area contributed by atoms with Gasteiger partial charge >= 0.3 is 21.2 Å². The van der Waals surface area contributed by atoms with Gasteiger partial charge in [0.1, 0.15) is 0 Å². The molecule has 6 nitrogen and oxygen atoms in total. The van der Waals surface area contributed by atoms with Crippen LogP contribution in [-0.2, 0) is 14.3 Å². The number of hydrogen-bond donors (Lipinski definition) is 0. The van der Waals surface area contributed by atoms with Crippen molar-refractivity contribution < 1.29 is 38.7 Å². The predicted molar refractivity (Wildman–Crippen MR) is 148 cm³/mol. The van der Waals surface area contributed by atoms with Crippen LogP contribution in [0, 0.1) is 17.3 Å². The van der Waals surface area contributed by atoms with Crippen molar-refractivity contribution in [2.45, 2.75) is 76.0 Å². The summed E-state index contributed by atoms with van der Waals surface area (Å²) in [6, 6.07) is 25.4. The average molecular weight is 653 g/mol. The molecule has 0 amide bonds. The zero-order valence-corrected chi connectivity index (χ0v) is 25.1. The van der Waals surface area contributed by atoms with E-state index in [4.69, 9.17) is 4.18 Å². The Hall–Kier alpha value is -2.30. The summed E-state index contributed by atoms with van der Waals surface area (Å²) < 4.78 is 31.3. The highest BCUT2D eigenvalue weighted by atomic mass is 127. The number of nitrogens with zero attached hydrogens (tertiary/aromatic N) is 1. The molecule has 0 heterocycles. The molecule has 0 saturated heterocycles. The van der Waals surface area contributed by atoms with E-state index >= 15 is 0 Å². The van der Waals surface area contributed by atoms with Crippen LogP contribution in [0.4, 0.5) is 5.69 Å². The lowest BCUT2D eigenvalue weighted by molar-refractivity contribution is -0.597. The summed E-state index contributed by atoms with van der Waals surface area (Å²) in [4.78, 5) is 10.4. The number of nitro benzene ring substituents is 1. The smallest absolute Gasteiger partial charge is 0.266 e. The topological polar surface area (TPSA) is 86.5 Å². The minimum absolute atomic E-state index is 0.154. The minimum Gasteiger partial charge on any atom is -0.266 e. The molecule has 0 atom stereocenters. The number of nitro groups is 1. The summed E-state index contributed by atoms with van der Waals surface area (Å²) >= 11 is -0.227. The van der Waals surface area contributed by atoms with E-state index < -0.39 is 10.1 Å². The lowest BCUT2D eigenvalue weighted by Gasteiger charge is -2.05. The first-order chi connectivity index (χ1) is 18.4. The first-order valence-electron chi connectivity index (χ1n) is 13.3. The second-order valence-corrected chi connectivity index (χ2v) is 13.5. The number of non-ortho nitro benzene ring substituents is 1. The maximum atomic E-state index is 11.9. The molecule has 206 valence electrons. The van der Waals surface area contributed by atoms with Crippen molar-refractivity contribution in [2.75, 3.05) is 6.61 Å². The van der Waals surface area contributed by atoms with E-state index in [0.29, 0.717) is 0 Å². The van der Waals surface area contributed by atoms with Gasteiger partial charge in [-0.15, -0.1) is 0 Å². The molecule has 0 aliphatic heterocycles. The summed E-state index contributed by atoms with van der Waals surface area (Å²) in [5, 5.41) is 10.5. The van der Waals surface area contributed by atoms with E-state index in [1.54, 1.807) is 42.5 Å². The lowest BCUT2D eigenvalue weighted by atomic mass is 10.1. The molecule has 0 radical (unpaired) electrons. The number of halogens is 1.